The molecule has 0 aromatic heterocycles. The van der Waals surface area contributed by atoms with E-state index in [-0.39, 0.29) is 17.9 Å². The minimum absolute atomic E-state index is 0.214. The van der Waals surface area contributed by atoms with Gasteiger partial charge in [0.2, 0.25) is 0 Å². The maximum atomic E-state index is 11.2. The highest BCUT2D eigenvalue weighted by atomic mass is 16.5. The molecule has 0 bridgehead atoms. The van der Waals surface area contributed by atoms with Crippen LogP contribution in [0.2, 0.25) is 0 Å². The van der Waals surface area contributed by atoms with Crippen molar-refractivity contribution in [1.82, 2.24) is 0 Å². The highest BCUT2D eigenvalue weighted by Gasteiger charge is 2.17. The number of benzene rings is 1. The van der Waals surface area contributed by atoms with Gasteiger partial charge in [-0.25, -0.2) is 0 Å². The van der Waals surface area contributed by atoms with E-state index in [0.717, 1.165) is 5.56 Å². The Morgan fingerprint density at radius 2 is 2.23 bits per heavy atom. The van der Waals surface area contributed by atoms with Crippen LogP contribution in [-0.2, 0) is 11.5 Å². The van der Waals surface area contributed by atoms with E-state index in [9.17, 15) is 10.2 Å². The van der Waals surface area contributed by atoms with Crippen molar-refractivity contribution in [3.05, 3.63) is 35.1 Å². The van der Waals surface area contributed by atoms with Crippen molar-refractivity contribution in [3.63, 3.8) is 0 Å². The molecule has 1 aromatic rings. The van der Waals surface area contributed by atoms with Gasteiger partial charge in [-0.1, -0.05) is 5.76 Å². The predicted molar refractivity (Wildman–Crippen MR) is 44.3 cm³/mol. The van der Waals surface area contributed by atoms with Crippen LogP contribution in [0.15, 0.2) is 24.0 Å². The molecule has 1 radical (unpaired) electrons. The normalized spacial score (nSPS) is 14.5. The smallest absolute Gasteiger partial charge is 0.174 e. The number of hydrogen-bond donors (Lipinski definition) is 0. The molecule has 0 saturated heterocycles. The van der Waals surface area contributed by atoms with Gasteiger partial charge < -0.3 is 9.84 Å². The second-order valence-electron chi connectivity index (χ2n) is 2.95. The Labute approximate surface area is 75.9 Å². The lowest BCUT2D eigenvalue weighted by Gasteiger charge is -2.03. The lowest BCUT2D eigenvalue weighted by atomic mass is 10.1. The topological polar surface area (TPSA) is 52.2 Å². The number of methoxy groups -OCH3 is 1. The Morgan fingerprint density at radius 3 is 2.92 bits per heavy atom. The summed E-state index contributed by atoms with van der Waals surface area (Å²) in [5.74, 6) is -0.0258. The molecule has 3 heteroatoms. The third-order valence-corrected chi connectivity index (χ3v) is 2.16. The molecule has 1 aromatic carbocycles. The molecule has 0 spiro atoms. The second-order valence-corrected chi connectivity index (χ2v) is 2.95. The summed E-state index contributed by atoms with van der Waals surface area (Å²) in [6.45, 7) is 0. The summed E-state index contributed by atoms with van der Waals surface area (Å²) < 4.78 is 4.99. The van der Waals surface area contributed by atoms with Gasteiger partial charge in [0.15, 0.2) is 5.76 Å². The van der Waals surface area contributed by atoms with Gasteiger partial charge in [-0.15, -0.1) is 0 Å². The molecule has 0 fully saturated rings. The first-order valence-electron chi connectivity index (χ1n) is 3.97. The highest BCUT2D eigenvalue weighted by molar-refractivity contribution is 5.69. The van der Waals surface area contributed by atoms with E-state index < -0.39 is 0 Å². The van der Waals surface area contributed by atoms with Gasteiger partial charge in [0.05, 0.1) is 7.11 Å². The summed E-state index contributed by atoms with van der Waals surface area (Å²) in [4.78, 5) is 0. The third-order valence-electron chi connectivity index (χ3n) is 2.16. The molecule has 0 unspecified atom stereocenters. The molecular weight excluding hydrogens is 168 g/mol. The van der Waals surface area contributed by atoms with Gasteiger partial charge in [0.1, 0.15) is 5.75 Å². The van der Waals surface area contributed by atoms with E-state index in [1.165, 1.54) is 0 Å². The maximum Gasteiger partial charge on any atom is 0.174 e. The first kappa shape index (κ1) is 7.98. The van der Waals surface area contributed by atoms with Crippen LogP contribution in [-0.4, -0.2) is 7.11 Å². The van der Waals surface area contributed by atoms with Gasteiger partial charge in [-0.3, -0.25) is 5.11 Å². The van der Waals surface area contributed by atoms with Gasteiger partial charge in [-0.2, -0.15) is 0 Å². The van der Waals surface area contributed by atoms with E-state index >= 15 is 0 Å². The average Bonchev–Trinajstić information content (AvgIpc) is 2.42. The number of rotatable bonds is 1. The molecule has 0 aliphatic heterocycles. The minimum atomic E-state index is -0.377. The summed E-state index contributed by atoms with van der Waals surface area (Å²) in [5.41, 5.74) is 1.29. The molecule has 0 atom stereocenters. The van der Waals surface area contributed by atoms with Gasteiger partial charge in [0.25, 0.3) is 0 Å². The fourth-order valence-electron chi connectivity index (χ4n) is 1.47. The van der Waals surface area contributed by atoms with Crippen LogP contribution < -0.4 is 9.84 Å². The quantitative estimate of drug-likeness (QED) is 0.632. The van der Waals surface area contributed by atoms with Crippen LogP contribution in [0.5, 0.6) is 5.75 Å². The molecule has 67 valence electrons. The van der Waals surface area contributed by atoms with Crippen molar-refractivity contribution in [1.29, 1.82) is 0 Å². The highest BCUT2D eigenvalue weighted by Crippen LogP contribution is 2.31. The van der Waals surface area contributed by atoms with E-state index in [4.69, 9.17) is 4.74 Å². The monoisotopic (exact) mass is 176 g/mol. The Bertz CT molecular complexity index is 380. The van der Waals surface area contributed by atoms with Gasteiger partial charge in [-0.05, 0) is 30.2 Å². The van der Waals surface area contributed by atoms with E-state index in [2.05, 4.69) is 0 Å². The molecule has 3 nitrogen and oxygen atoms in total. The third kappa shape index (κ3) is 1.13. The minimum Gasteiger partial charge on any atom is -0.873 e. The fourth-order valence-corrected chi connectivity index (χ4v) is 1.47. The van der Waals surface area contributed by atoms with Crippen LogP contribution >= 0.6 is 0 Å². The summed E-state index contributed by atoms with van der Waals surface area (Å²) in [6.07, 6.45) is 0.214. The van der Waals surface area contributed by atoms with Crippen LogP contribution in [0, 0.1) is 0 Å². The number of fused-ring (bicyclic) bond motifs is 1. The summed E-state index contributed by atoms with van der Waals surface area (Å²) >= 11 is 0. The van der Waals surface area contributed by atoms with Crippen LogP contribution in [0.25, 0.3) is 5.76 Å². The first-order valence-corrected chi connectivity index (χ1v) is 3.97. The van der Waals surface area contributed by atoms with Crippen LogP contribution in [0.3, 0.4) is 0 Å². The zero-order valence-electron chi connectivity index (χ0n) is 7.16. The molecule has 0 heterocycles. The van der Waals surface area contributed by atoms with E-state index in [1.54, 1.807) is 25.3 Å². The molecule has 0 amide bonds. The number of ether oxygens (including phenoxy) is 1. The summed E-state index contributed by atoms with van der Waals surface area (Å²) in [7, 11) is 1.56. The summed E-state index contributed by atoms with van der Waals surface area (Å²) in [6, 6.07) is 5.06. The number of allylic oxidation sites excluding steroid dienone is 1. The Kier molecular flexibility index (Phi) is 1.65. The lowest BCUT2D eigenvalue weighted by molar-refractivity contribution is -0.305. The van der Waals surface area contributed by atoms with Crippen molar-refractivity contribution in [2.24, 2.45) is 0 Å². The lowest BCUT2D eigenvalue weighted by Crippen LogP contribution is -2.03. The van der Waals surface area contributed by atoms with Crippen molar-refractivity contribution in [2.75, 3.05) is 7.11 Å². The Balaban J connectivity index is 2.48. The largest absolute Gasteiger partial charge is 0.873 e. The average molecular weight is 176 g/mol. The van der Waals surface area contributed by atoms with Crippen molar-refractivity contribution >= 4 is 5.76 Å². The standard InChI is InChI=1S/C10H9O3/c1-13-7-2-3-8-6(4-7)5-9(11)10(8)12/h2-4,11H,5H2,1H3/p-1. The molecule has 0 saturated carbocycles. The molecule has 2 rings (SSSR count). The predicted octanol–water partition coefficient (Wildman–Crippen LogP) is 0.711. The van der Waals surface area contributed by atoms with E-state index in [0.29, 0.717) is 11.3 Å². The van der Waals surface area contributed by atoms with Gasteiger partial charge in [0, 0.05) is 5.56 Å². The summed E-state index contributed by atoms with van der Waals surface area (Å²) in [5, 5.41) is 22.2. The molecule has 0 N–H and O–H groups in total. The number of hydrogen-bond acceptors (Lipinski definition) is 2. The van der Waals surface area contributed by atoms with Crippen LogP contribution in [0.4, 0.5) is 0 Å². The molecule has 1 aliphatic rings. The molecule has 1 aliphatic carbocycles. The van der Waals surface area contributed by atoms with Crippen LogP contribution in [0.1, 0.15) is 11.1 Å². The molecular formula is C10H8O3-. The van der Waals surface area contributed by atoms with Crippen molar-refractivity contribution < 1.29 is 14.9 Å². The Hall–Kier alpha value is -1.64. The zero-order chi connectivity index (χ0) is 9.42. The Morgan fingerprint density at radius 1 is 1.46 bits per heavy atom. The SMILES string of the molecule is COc1ccc2c(c1)CC([O-])=C2[O]. The van der Waals surface area contributed by atoms with E-state index in [1.807, 2.05) is 0 Å². The molecule has 13 heavy (non-hydrogen) atoms. The van der Waals surface area contributed by atoms with Crippen molar-refractivity contribution in [3.8, 4) is 5.75 Å². The van der Waals surface area contributed by atoms with Gasteiger partial charge >= 0.3 is 0 Å². The first-order chi connectivity index (χ1) is 6.22. The fraction of sp³-hybridized carbons (Fsp3) is 0.200. The zero-order valence-corrected chi connectivity index (χ0v) is 7.16. The second kappa shape index (κ2) is 2.69. The maximum absolute atomic E-state index is 11.2. The van der Waals surface area contributed by atoms with Crippen molar-refractivity contribution in [2.45, 2.75) is 6.42 Å².